The van der Waals surface area contributed by atoms with Gasteiger partial charge in [-0.25, -0.2) is 0 Å². The molecule has 0 spiro atoms. The predicted octanol–water partition coefficient (Wildman–Crippen LogP) is 4.38. The van der Waals surface area contributed by atoms with Crippen LogP contribution in [0.1, 0.15) is 38.1 Å². The molecule has 2 heterocycles. The summed E-state index contributed by atoms with van der Waals surface area (Å²) in [6.45, 7) is 7.12. The van der Waals surface area contributed by atoms with E-state index in [9.17, 15) is 0 Å². The quantitative estimate of drug-likeness (QED) is 0.755. The zero-order chi connectivity index (χ0) is 14.8. The summed E-state index contributed by atoms with van der Waals surface area (Å²) in [7, 11) is 0. The molecule has 0 saturated carbocycles. The molecule has 0 bridgehead atoms. The molecule has 21 heavy (non-hydrogen) atoms. The molecule has 0 saturated heterocycles. The number of hydrogen-bond acceptors (Lipinski definition) is 3. The Morgan fingerprint density at radius 1 is 1.29 bits per heavy atom. The van der Waals surface area contributed by atoms with Gasteiger partial charge in [0.1, 0.15) is 11.3 Å². The Kier molecular flexibility index (Phi) is 3.69. The van der Waals surface area contributed by atoms with Crippen molar-refractivity contribution in [3.63, 3.8) is 0 Å². The molecule has 0 atom stereocenters. The van der Waals surface area contributed by atoms with E-state index >= 15 is 0 Å². The summed E-state index contributed by atoms with van der Waals surface area (Å²) in [4.78, 5) is 0. The number of hydrogen-bond donors (Lipinski definition) is 1. The SMILES string of the molecule is CCc1oc2ccccc2c1CNc1cnn(C(C)C)c1. The molecule has 0 aliphatic heterocycles. The number of nitrogens with one attached hydrogen (secondary N) is 1. The summed E-state index contributed by atoms with van der Waals surface area (Å²) in [6, 6.07) is 8.58. The molecule has 0 unspecified atom stereocenters. The number of rotatable bonds is 5. The highest BCUT2D eigenvalue weighted by atomic mass is 16.3. The third kappa shape index (κ3) is 2.66. The number of nitrogens with zero attached hydrogens (tertiary/aromatic N) is 2. The Morgan fingerprint density at radius 2 is 2.10 bits per heavy atom. The van der Waals surface area contributed by atoms with Gasteiger partial charge in [-0.3, -0.25) is 4.68 Å². The van der Waals surface area contributed by atoms with Crippen LogP contribution in [0.3, 0.4) is 0 Å². The molecular formula is C17H21N3O. The van der Waals surface area contributed by atoms with Crippen LogP contribution >= 0.6 is 0 Å². The van der Waals surface area contributed by atoms with Crippen LogP contribution in [0.4, 0.5) is 5.69 Å². The van der Waals surface area contributed by atoms with E-state index < -0.39 is 0 Å². The van der Waals surface area contributed by atoms with Crippen LogP contribution in [0, 0.1) is 0 Å². The van der Waals surface area contributed by atoms with Gasteiger partial charge in [-0.15, -0.1) is 0 Å². The maximum atomic E-state index is 5.92. The average molecular weight is 283 g/mol. The lowest BCUT2D eigenvalue weighted by Crippen LogP contribution is -2.02. The topological polar surface area (TPSA) is 43.0 Å². The van der Waals surface area contributed by atoms with E-state index in [1.54, 1.807) is 0 Å². The number of furan rings is 1. The first-order valence-electron chi connectivity index (χ1n) is 7.46. The number of anilines is 1. The predicted molar refractivity (Wildman–Crippen MR) is 85.5 cm³/mol. The number of aromatic nitrogens is 2. The molecule has 0 aliphatic carbocycles. The van der Waals surface area contributed by atoms with E-state index in [2.05, 4.69) is 43.3 Å². The van der Waals surface area contributed by atoms with Gasteiger partial charge in [-0.05, 0) is 19.9 Å². The molecule has 4 nitrogen and oxygen atoms in total. The standard InChI is InChI=1S/C17H21N3O/c1-4-16-15(14-7-5-6-8-17(14)21-16)10-18-13-9-19-20(11-13)12(2)3/h5-9,11-12,18H,4,10H2,1-3H3. The zero-order valence-corrected chi connectivity index (χ0v) is 12.8. The molecule has 4 heteroatoms. The fourth-order valence-corrected chi connectivity index (χ4v) is 2.53. The van der Waals surface area contributed by atoms with Crippen molar-refractivity contribution in [2.24, 2.45) is 0 Å². The van der Waals surface area contributed by atoms with E-state index in [1.165, 1.54) is 10.9 Å². The molecule has 110 valence electrons. The Hall–Kier alpha value is -2.23. The van der Waals surface area contributed by atoms with Crippen molar-refractivity contribution in [3.05, 3.63) is 48.0 Å². The Morgan fingerprint density at radius 3 is 2.81 bits per heavy atom. The lowest BCUT2D eigenvalue weighted by molar-refractivity contribution is 0.532. The van der Waals surface area contributed by atoms with Crippen molar-refractivity contribution >= 4 is 16.7 Å². The van der Waals surface area contributed by atoms with Crippen molar-refractivity contribution in [1.82, 2.24) is 9.78 Å². The van der Waals surface area contributed by atoms with Gasteiger partial charge in [-0.1, -0.05) is 25.1 Å². The highest BCUT2D eigenvalue weighted by Gasteiger charge is 2.12. The lowest BCUT2D eigenvalue weighted by Gasteiger charge is -2.05. The summed E-state index contributed by atoms with van der Waals surface area (Å²) in [5, 5.41) is 8.99. The Labute approximate surface area is 124 Å². The number of fused-ring (bicyclic) bond motifs is 1. The van der Waals surface area contributed by atoms with Crippen molar-refractivity contribution < 1.29 is 4.42 Å². The van der Waals surface area contributed by atoms with Crippen molar-refractivity contribution in [2.45, 2.75) is 39.8 Å². The van der Waals surface area contributed by atoms with Crippen molar-refractivity contribution in [2.75, 3.05) is 5.32 Å². The summed E-state index contributed by atoms with van der Waals surface area (Å²) in [5.74, 6) is 1.06. The number of benzene rings is 1. The zero-order valence-electron chi connectivity index (χ0n) is 12.8. The van der Waals surface area contributed by atoms with E-state index in [1.807, 2.05) is 29.2 Å². The van der Waals surface area contributed by atoms with Crippen LogP contribution < -0.4 is 5.32 Å². The Balaban J connectivity index is 1.83. The molecule has 0 aliphatic rings. The second-order valence-electron chi connectivity index (χ2n) is 5.51. The summed E-state index contributed by atoms with van der Waals surface area (Å²) in [5.41, 5.74) is 3.24. The average Bonchev–Trinajstić information content (AvgIpc) is 3.09. The minimum absolute atomic E-state index is 0.376. The van der Waals surface area contributed by atoms with Gasteiger partial charge in [0.15, 0.2) is 0 Å². The van der Waals surface area contributed by atoms with Gasteiger partial charge in [0.2, 0.25) is 0 Å². The summed E-state index contributed by atoms with van der Waals surface area (Å²) < 4.78 is 7.87. The van der Waals surface area contributed by atoms with E-state index in [0.717, 1.165) is 30.0 Å². The third-order valence-electron chi connectivity index (χ3n) is 3.70. The maximum absolute atomic E-state index is 5.92. The fourth-order valence-electron chi connectivity index (χ4n) is 2.53. The lowest BCUT2D eigenvalue weighted by atomic mass is 10.1. The van der Waals surface area contributed by atoms with Gasteiger partial charge in [0.05, 0.1) is 11.9 Å². The molecule has 0 fully saturated rings. The summed E-state index contributed by atoms with van der Waals surface area (Å²) >= 11 is 0. The second kappa shape index (κ2) is 5.64. The normalized spacial score (nSPS) is 11.4. The van der Waals surface area contributed by atoms with Gasteiger partial charge in [0, 0.05) is 36.2 Å². The van der Waals surface area contributed by atoms with Crippen molar-refractivity contribution in [3.8, 4) is 0 Å². The van der Waals surface area contributed by atoms with Crippen LogP contribution in [0.25, 0.3) is 11.0 Å². The van der Waals surface area contributed by atoms with Gasteiger partial charge < -0.3 is 9.73 Å². The van der Waals surface area contributed by atoms with Crippen LogP contribution in [0.2, 0.25) is 0 Å². The number of aryl methyl sites for hydroxylation is 1. The molecule has 3 aromatic rings. The minimum Gasteiger partial charge on any atom is -0.461 e. The minimum atomic E-state index is 0.376. The molecule has 1 N–H and O–H groups in total. The highest BCUT2D eigenvalue weighted by molar-refractivity contribution is 5.82. The van der Waals surface area contributed by atoms with E-state index in [0.29, 0.717) is 6.04 Å². The molecule has 3 rings (SSSR count). The fraction of sp³-hybridized carbons (Fsp3) is 0.353. The highest BCUT2D eigenvalue weighted by Crippen LogP contribution is 2.27. The van der Waals surface area contributed by atoms with Gasteiger partial charge in [-0.2, -0.15) is 5.10 Å². The Bertz CT molecular complexity index is 739. The van der Waals surface area contributed by atoms with Crippen molar-refractivity contribution in [1.29, 1.82) is 0 Å². The molecule has 0 radical (unpaired) electrons. The second-order valence-corrected chi connectivity index (χ2v) is 5.51. The van der Waals surface area contributed by atoms with E-state index in [-0.39, 0.29) is 0 Å². The summed E-state index contributed by atoms with van der Waals surface area (Å²) in [6.07, 6.45) is 4.81. The molecular weight excluding hydrogens is 262 g/mol. The van der Waals surface area contributed by atoms with Gasteiger partial charge in [0.25, 0.3) is 0 Å². The van der Waals surface area contributed by atoms with Crippen LogP contribution in [-0.2, 0) is 13.0 Å². The van der Waals surface area contributed by atoms with Crippen LogP contribution in [0.5, 0.6) is 0 Å². The van der Waals surface area contributed by atoms with Crippen LogP contribution in [0.15, 0.2) is 41.1 Å². The first kappa shape index (κ1) is 13.7. The monoisotopic (exact) mass is 283 g/mol. The maximum Gasteiger partial charge on any atom is 0.134 e. The molecule has 0 amide bonds. The van der Waals surface area contributed by atoms with Gasteiger partial charge >= 0.3 is 0 Å². The number of para-hydroxylation sites is 1. The van der Waals surface area contributed by atoms with Crippen LogP contribution in [-0.4, -0.2) is 9.78 Å². The van der Waals surface area contributed by atoms with E-state index in [4.69, 9.17) is 4.42 Å². The third-order valence-corrected chi connectivity index (χ3v) is 3.70. The first-order valence-corrected chi connectivity index (χ1v) is 7.46. The molecule has 1 aromatic carbocycles. The smallest absolute Gasteiger partial charge is 0.134 e. The first-order chi connectivity index (χ1) is 10.2. The molecule has 2 aromatic heterocycles. The largest absolute Gasteiger partial charge is 0.461 e.